The van der Waals surface area contributed by atoms with Gasteiger partial charge in [-0.15, -0.1) is 5.10 Å². The van der Waals surface area contributed by atoms with Crippen molar-refractivity contribution in [3.8, 4) is 0 Å². The molecule has 18 heavy (non-hydrogen) atoms. The molecule has 0 amide bonds. The van der Waals surface area contributed by atoms with Crippen molar-refractivity contribution in [3.63, 3.8) is 0 Å². The normalized spacial score (nSPS) is 12.3. The summed E-state index contributed by atoms with van der Waals surface area (Å²) in [6, 6.07) is 6.00. The van der Waals surface area contributed by atoms with E-state index in [4.69, 9.17) is 0 Å². The minimum atomic E-state index is 0.229. The van der Waals surface area contributed by atoms with E-state index in [2.05, 4.69) is 43.1 Å². The minimum absolute atomic E-state index is 0.229. The summed E-state index contributed by atoms with van der Waals surface area (Å²) in [6.45, 7) is 11.9. The first-order chi connectivity index (χ1) is 8.40. The lowest BCUT2D eigenvalue weighted by atomic mass is 9.81. The molecule has 0 aliphatic rings. The van der Waals surface area contributed by atoms with E-state index >= 15 is 0 Å². The summed E-state index contributed by atoms with van der Waals surface area (Å²) in [5.41, 5.74) is 2.21. The molecule has 0 aromatic carbocycles. The number of hydrogen-bond donors (Lipinski definition) is 1. The molecule has 0 bridgehead atoms. The smallest absolute Gasteiger partial charge is 0.243 e. The fourth-order valence-electron chi connectivity index (χ4n) is 1.62. The van der Waals surface area contributed by atoms with E-state index in [0.29, 0.717) is 11.9 Å². The van der Waals surface area contributed by atoms with Crippen molar-refractivity contribution in [3.05, 3.63) is 23.9 Å². The van der Waals surface area contributed by atoms with Crippen LogP contribution in [0.25, 0.3) is 5.65 Å². The predicted octanol–water partition coefficient (Wildman–Crippen LogP) is 3.13. The Morgan fingerprint density at radius 3 is 2.67 bits per heavy atom. The molecule has 0 atom stereocenters. The Hall–Kier alpha value is -1.58. The topological polar surface area (TPSA) is 42.2 Å². The molecule has 2 heterocycles. The van der Waals surface area contributed by atoms with Crippen molar-refractivity contribution in [2.45, 2.75) is 34.6 Å². The number of rotatable bonds is 4. The van der Waals surface area contributed by atoms with Gasteiger partial charge < -0.3 is 5.32 Å². The second-order valence-corrected chi connectivity index (χ2v) is 5.87. The van der Waals surface area contributed by atoms with Gasteiger partial charge in [-0.05, 0) is 30.4 Å². The van der Waals surface area contributed by atoms with Crippen LogP contribution in [0.5, 0.6) is 0 Å². The Labute approximate surface area is 108 Å². The summed E-state index contributed by atoms with van der Waals surface area (Å²) in [5, 5.41) is 7.81. The number of pyridine rings is 1. The average Bonchev–Trinajstić information content (AvgIpc) is 2.71. The van der Waals surface area contributed by atoms with Crippen LogP contribution in [0.4, 0.5) is 5.95 Å². The van der Waals surface area contributed by atoms with Gasteiger partial charge in [-0.25, -0.2) is 4.52 Å². The highest BCUT2D eigenvalue weighted by molar-refractivity contribution is 5.44. The molecule has 0 radical (unpaired) electrons. The number of fused-ring (bicyclic) bond motifs is 1. The molecule has 4 heteroatoms. The highest BCUT2D eigenvalue weighted by Crippen LogP contribution is 2.25. The molecule has 2 aromatic rings. The number of aryl methyl sites for hydroxylation is 1. The minimum Gasteiger partial charge on any atom is -0.352 e. The molecule has 0 aliphatic carbocycles. The van der Waals surface area contributed by atoms with Crippen LogP contribution in [0.3, 0.4) is 0 Å². The average molecular weight is 246 g/mol. The maximum absolute atomic E-state index is 4.48. The van der Waals surface area contributed by atoms with Crippen molar-refractivity contribution in [2.75, 3.05) is 11.9 Å². The Balaban J connectivity index is 2.16. The molecule has 0 aliphatic heterocycles. The number of hydrogen-bond acceptors (Lipinski definition) is 3. The quantitative estimate of drug-likeness (QED) is 0.901. The van der Waals surface area contributed by atoms with Gasteiger partial charge in [0.05, 0.1) is 0 Å². The Morgan fingerprint density at radius 2 is 2.06 bits per heavy atom. The molecule has 1 N–H and O–H groups in total. The van der Waals surface area contributed by atoms with Gasteiger partial charge in [0, 0.05) is 12.2 Å². The Bertz CT molecular complexity index is 540. The lowest BCUT2D eigenvalue weighted by Gasteiger charge is -2.28. The largest absolute Gasteiger partial charge is 0.352 e. The van der Waals surface area contributed by atoms with Crippen LogP contribution in [0.2, 0.25) is 0 Å². The summed E-state index contributed by atoms with van der Waals surface area (Å²) >= 11 is 0. The standard InChI is InChI=1S/C14H22N4/c1-10(2)14(4,5)9-15-13-16-12-8-6-7-11(3)18(12)17-13/h6-8,10H,9H2,1-5H3,(H,15,17). The van der Waals surface area contributed by atoms with Gasteiger partial charge >= 0.3 is 0 Å². The molecule has 2 rings (SSSR count). The van der Waals surface area contributed by atoms with Gasteiger partial charge in [-0.3, -0.25) is 0 Å². The van der Waals surface area contributed by atoms with E-state index in [1.165, 1.54) is 0 Å². The zero-order chi connectivity index (χ0) is 13.3. The maximum atomic E-state index is 4.48. The van der Waals surface area contributed by atoms with E-state index in [9.17, 15) is 0 Å². The molecule has 0 saturated carbocycles. The molecule has 0 unspecified atom stereocenters. The summed E-state index contributed by atoms with van der Waals surface area (Å²) in [6.07, 6.45) is 0. The lowest BCUT2D eigenvalue weighted by Crippen LogP contribution is -2.28. The SMILES string of the molecule is Cc1cccc2nc(NCC(C)(C)C(C)C)nn12. The highest BCUT2D eigenvalue weighted by Gasteiger charge is 2.22. The van der Waals surface area contributed by atoms with Crippen molar-refractivity contribution < 1.29 is 0 Å². The Morgan fingerprint density at radius 1 is 1.33 bits per heavy atom. The van der Waals surface area contributed by atoms with Crippen LogP contribution in [0.15, 0.2) is 18.2 Å². The maximum Gasteiger partial charge on any atom is 0.243 e. The fourth-order valence-corrected chi connectivity index (χ4v) is 1.62. The zero-order valence-corrected chi connectivity index (χ0v) is 11.9. The third-order valence-corrected chi connectivity index (χ3v) is 3.81. The van der Waals surface area contributed by atoms with Crippen molar-refractivity contribution in [1.29, 1.82) is 0 Å². The first-order valence-corrected chi connectivity index (χ1v) is 6.46. The van der Waals surface area contributed by atoms with Crippen LogP contribution >= 0.6 is 0 Å². The third kappa shape index (κ3) is 2.47. The summed E-state index contributed by atoms with van der Waals surface area (Å²) < 4.78 is 1.87. The van der Waals surface area contributed by atoms with Crippen LogP contribution in [-0.4, -0.2) is 21.1 Å². The molecule has 98 valence electrons. The van der Waals surface area contributed by atoms with Crippen molar-refractivity contribution in [2.24, 2.45) is 11.3 Å². The van der Waals surface area contributed by atoms with Crippen molar-refractivity contribution >= 4 is 11.6 Å². The van der Waals surface area contributed by atoms with Crippen LogP contribution in [-0.2, 0) is 0 Å². The van der Waals surface area contributed by atoms with Crippen LogP contribution < -0.4 is 5.32 Å². The van der Waals surface area contributed by atoms with Gasteiger partial charge in [0.2, 0.25) is 5.95 Å². The molecule has 2 aromatic heterocycles. The van der Waals surface area contributed by atoms with E-state index < -0.39 is 0 Å². The lowest BCUT2D eigenvalue weighted by molar-refractivity contribution is 0.269. The van der Waals surface area contributed by atoms with E-state index in [1.54, 1.807) is 0 Å². The third-order valence-electron chi connectivity index (χ3n) is 3.81. The van der Waals surface area contributed by atoms with Gasteiger partial charge in [0.25, 0.3) is 0 Å². The highest BCUT2D eigenvalue weighted by atomic mass is 15.3. The summed E-state index contributed by atoms with van der Waals surface area (Å²) in [4.78, 5) is 4.48. The molecule has 0 saturated heterocycles. The van der Waals surface area contributed by atoms with E-state index in [0.717, 1.165) is 17.9 Å². The van der Waals surface area contributed by atoms with Crippen molar-refractivity contribution in [1.82, 2.24) is 14.6 Å². The zero-order valence-electron chi connectivity index (χ0n) is 11.9. The van der Waals surface area contributed by atoms with E-state index in [1.807, 2.05) is 29.6 Å². The summed E-state index contributed by atoms with van der Waals surface area (Å²) in [7, 11) is 0. The molecular formula is C14H22N4. The number of nitrogens with zero attached hydrogens (tertiary/aromatic N) is 3. The molecule has 0 fully saturated rings. The predicted molar refractivity (Wildman–Crippen MR) is 74.8 cm³/mol. The monoisotopic (exact) mass is 246 g/mol. The molecule has 4 nitrogen and oxygen atoms in total. The number of nitrogens with one attached hydrogen (secondary N) is 1. The van der Waals surface area contributed by atoms with Crippen LogP contribution in [0.1, 0.15) is 33.4 Å². The van der Waals surface area contributed by atoms with Gasteiger partial charge in [-0.2, -0.15) is 4.98 Å². The number of anilines is 1. The van der Waals surface area contributed by atoms with Crippen LogP contribution in [0, 0.1) is 18.3 Å². The van der Waals surface area contributed by atoms with Gasteiger partial charge in [0.15, 0.2) is 5.65 Å². The fraction of sp³-hybridized carbons (Fsp3) is 0.571. The Kier molecular flexibility index (Phi) is 3.28. The molecular weight excluding hydrogens is 224 g/mol. The second kappa shape index (κ2) is 4.59. The second-order valence-electron chi connectivity index (χ2n) is 5.87. The van der Waals surface area contributed by atoms with Gasteiger partial charge in [0.1, 0.15) is 0 Å². The van der Waals surface area contributed by atoms with E-state index in [-0.39, 0.29) is 5.41 Å². The first-order valence-electron chi connectivity index (χ1n) is 6.46. The molecule has 0 spiro atoms. The summed E-state index contributed by atoms with van der Waals surface area (Å²) in [5.74, 6) is 1.32. The number of aromatic nitrogens is 3. The first kappa shape index (κ1) is 12.9. The van der Waals surface area contributed by atoms with Gasteiger partial charge in [-0.1, -0.05) is 33.8 Å².